The van der Waals surface area contributed by atoms with Gasteiger partial charge in [-0.1, -0.05) is 23.2 Å². The quantitative estimate of drug-likeness (QED) is 0.559. The van der Waals surface area contributed by atoms with E-state index < -0.39 is 5.91 Å². The molecule has 27 heavy (non-hydrogen) atoms. The van der Waals surface area contributed by atoms with E-state index in [9.17, 15) is 4.79 Å². The fourth-order valence-electron chi connectivity index (χ4n) is 3.11. The third-order valence-electron chi connectivity index (χ3n) is 4.30. The second-order valence-corrected chi connectivity index (χ2v) is 6.65. The number of nitrogens with two attached hydrogens (primary N) is 2. The Morgan fingerprint density at radius 1 is 1.22 bits per heavy atom. The number of fused-ring (bicyclic) bond motifs is 1. The maximum absolute atomic E-state index is 12.5. The van der Waals surface area contributed by atoms with Gasteiger partial charge in [-0.25, -0.2) is 19.1 Å². The predicted molar refractivity (Wildman–Crippen MR) is 106 cm³/mol. The van der Waals surface area contributed by atoms with Gasteiger partial charge in [0.1, 0.15) is 6.54 Å². The summed E-state index contributed by atoms with van der Waals surface area (Å²) in [4.78, 5) is 20.3. The van der Waals surface area contributed by atoms with Gasteiger partial charge in [0.15, 0.2) is 33.5 Å². The molecule has 0 saturated carbocycles. The van der Waals surface area contributed by atoms with E-state index in [1.807, 2.05) is 32.0 Å². The number of carbonyl (C=O) groups excluding carboxylic acids is 1. The zero-order valence-electron chi connectivity index (χ0n) is 15.0. The topological polar surface area (TPSA) is 116 Å². The van der Waals surface area contributed by atoms with Crippen molar-refractivity contribution in [3.63, 3.8) is 0 Å². The fourth-order valence-corrected chi connectivity index (χ4v) is 3.41. The lowest BCUT2D eigenvalue weighted by Crippen LogP contribution is -2.40. The molecule has 10 heteroatoms. The molecule has 0 radical (unpaired) electrons. The maximum atomic E-state index is 12.5. The van der Waals surface area contributed by atoms with E-state index in [2.05, 4.69) is 24.4 Å². The molecular weight excluding hydrogens is 389 g/mol. The Labute approximate surface area is 166 Å². The van der Waals surface area contributed by atoms with Crippen LogP contribution < -0.4 is 21.4 Å². The minimum Gasteiger partial charge on any atom is -0.382 e. The largest absolute Gasteiger partial charge is 0.382 e. The maximum Gasteiger partial charge on any atom is 0.277 e. The summed E-state index contributed by atoms with van der Waals surface area (Å²) in [7, 11) is 0. The van der Waals surface area contributed by atoms with Gasteiger partial charge in [-0.05, 0) is 26.0 Å². The lowest BCUT2D eigenvalue weighted by Gasteiger charge is -2.08. The first-order chi connectivity index (χ1) is 12.9. The van der Waals surface area contributed by atoms with Crippen molar-refractivity contribution in [1.29, 1.82) is 0 Å². The van der Waals surface area contributed by atoms with Crippen molar-refractivity contribution < 1.29 is 9.36 Å². The average molecular weight is 409 g/mol. The first-order valence-electron chi connectivity index (χ1n) is 8.44. The number of nitrogens with one attached hydrogen (secondary N) is 1. The van der Waals surface area contributed by atoms with E-state index in [-0.39, 0.29) is 29.0 Å². The number of hydrogen-bond acceptors (Lipinski definition) is 5. The molecule has 1 amide bonds. The summed E-state index contributed by atoms with van der Waals surface area (Å²) in [6.45, 7) is 5.82. The summed E-state index contributed by atoms with van der Waals surface area (Å²) < 4.78 is 4.23. The number of nitrogen functional groups attached to an aromatic ring is 2. The number of aromatic nitrogens is 4. The van der Waals surface area contributed by atoms with Gasteiger partial charge in [-0.15, -0.1) is 0 Å². The summed E-state index contributed by atoms with van der Waals surface area (Å²) in [5.74, 6) is 0.368. The third-order valence-corrected chi connectivity index (χ3v) is 4.81. The number of benzene rings is 1. The van der Waals surface area contributed by atoms with Crippen molar-refractivity contribution in [3.05, 3.63) is 39.9 Å². The van der Waals surface area contributed by atoms with E-state index in [1.165, 1.54) is 0 Å². The van der Waals surface area contributed by atoms with Crippen molar-refractivity contribution in [2.24, 2.45) is 0 Å². The number of rotatable bonds is 5. The van der Waals surface area contributed by atoms with Gasteiger partial charge in [0, 0.05) is 11.1 Å². The van der Waals surface area contributed by atoms with Gasteiger partial charge < -0.3 is 16.8 Å². The number of aryl methyl sites for hydroxylation is 2. The molecule has 0 saturated heterocycles. The highest BCUT2D eigenvalue weighted by Crippen LogP contribution is 2.20. The van der Waals surface area contributed by atoms with Crippen molar-refractivity contribution >= 4 is 51.8 Å². The number of carbonyl (C=O) groups is 1. The first-order valence-corrected chi connectivity index (χ1v) is 9.20. The van der Waals surface area contributed by atoms with Gasteiger partial charge in [0.2, 0.25) is 0 Å². The fraction of sp³-hybridized carbons (Fsp3) is 0.294. The first kappa shape index (κ1) is 19.2. The smallest absolute Gasteiger partial charge is 0.277 e. The van der Waals surface area contributed by atoms with Gasteiger partial charge in [0.05, 0.1) is 13.1 Å². The van der Waals surface area contributed by atoms with Crippen LogP contribution in [0.3, 0.4) is 0 Å². The molecule has 1 aromatic carbocycles. The normalized spacial score (nSPS) is 11.1. The van der Waals surface area contributed by atoms with Crippen LogP contribution in [0.4, 0.5) is 11.6 Å². The minimum atomic E-state index is -0.476. The SMILES string of the molecule is CCn1c(CNC(=O)c2nc(Cl)c(N)nc2N)[n+](CC)c2ccc(Cl)cc21. The van der Waals surface area contributed by atoms with Crippen LogP contribution in [-0.4, -0.2) is 20.4 Å². The molecule has 8 nitrogen and oxygen atoms in total. The van der Waals surface area contributed by atoms with Gasteiger partial charge in [-0.2, -0.15) is 0 Å². The number of imidazole rings is 1. The number of amides is 1. The van der Waals surface area contributed by atoms with Crippen molar-refractivity contribution in [2.45, 2.75) is 33.5 Å². The lowest BCUT2D eigenvalue weighted by molar-refractivity contribution is -0.676. The number of hydrogen-bond donors (Lipinski definition) is 3. The van der Waals surface area contributed by atoms with Crippen LogP contribution in [-0.2, 0) is 19.6 Å². The Bertz CT molecular complexity index is 1030. The summed E-state index contributed by atoms with van der Waals surface area (Å²) >= 11 is 12.0. The van der Waals surface area contributed by atoms with Crippen LogP contribution in [0.15, 0.2) is 18.2 Å². The second kappa shape index (κ2) is 7.58. The van der Waals surface area contributed by atoms with Crippen molar-refractivity contribution in [1.82, 2.24) is 19.9 Å². The van der Waals surface area contributed by atoms with Gasteiger partial charge >= 0.3 is 0 Å². The van der Waals surface area contributed by atoms with Gasteiger partial charge in [-0.3, -0.25) is 4.79 Å². The molecular formula is C17H20Cl2N7O+. The summed E-state index contributed by atoms with van der Waals surface area (Å²) in [6.07, 6.45) is 0. The molecule has 0 fully saturated rings. The Morgan fingerprint density at radius 2 is 1.96 bits per heavy atom. The molecule has 0 aliphatic heterocycles. The molecule has 142 valence electrons. The molecule has 0 aliphatic rings. The highest BCUT2D eigenvalue weighted by molar-refractivity contribution is 6.32. The molecule has 5 N–H and O–H groups in total. The standard InChI is InChI=1S/C17H19Cl2N7O/c1-3-25-10-6-5-9(18)7-11(10)26(4-2)12(25)8-22-17(27)13-15(20)24-16(21)14(19)23-13/h5-7H,3-4,8H2,1-2H3,(H4-,20,21,22,24,27)/p+1. The van der Waals surface area contributed by atoms with Crippen molar-refractivity contribution in [3.8, 4) is 0 Å². The summed E-state index contributed by atoms with van der Waals surface area (Å²) in [5, 5.41) is 3.43. The molecule has 0 aliphatic carbocycles. The molecule has 3 rings (SSSR count). The van der Waals surface area contributed by atoms with Crippen LogP contribution in [0.5, 0.6) is 0 Å². The van der Waals surface area contributed by atoms with Crippen LogP contribution in [0.25, 0.3) is 11.0 Å². The monoisotopic (exact) mass is 408 g/mol. The number of nitrogens with zero attached hydrogens (tertiary/aromatic N) is 4. The van der Waals surface area contributed by atoms with Crippen LogP contribution in [0, 0.1) is 0 Å². The van der Waals surface area contributed by atoms with Crippen LogP contribution >= 0.6 is 23.2 Å². The second-order valence-electron chi connectivity index (χ2n) is 5.85. The predicted octanol–water partition coefficient (Wildman–Crippen LogP) is 2.16. The van der Waals surface area contributed by atoms with E-state index in [1.54, 1.807) is 0 Å². The molecule has 0 spiro atoms. The molecule has 0 atom stereocenters. The Kier molecular flexibility index (Phi) is 5.38. The zero-order valence-corrected chi connectivity index (χ0v) is 16.5. The van der Waals surface area contributed by atoms with E-state index >= 15 is 0 Å². The van der Waals surface area contributed by atoms with Crippen LogP contribution in [0.2, 0.25) is 10.2 Å². The third kappa shape index (κ3) is 3.50. The zero-order chi connectivity index (χ0) is 19.7. The molecule has 3 aromatic rings. The molecule has 0 bridgehead atoms. The summed E-state index contributed by atoms with van der Waals surface area (Å²) in [6, 6.07) is 5.74. The highest BCUT2D eigenvalue weighted by atomic mass is 35.5. The minimum absolute atomic E-state index is 0.0162. The van der Waals surface area contributed by atoms with Gasteiger partial charge in [0.25, 0.3) is 11.7 Å². The van der Waals surface area contributed by atoms with E-state index in [0.29, 0.717) is 5.02 Å². The number of anilines is 2. The number of halogens is 2. The lowest BCUT2D eigenvalue weighted by atomic mass is 10.3. The van der Waals surface area contributed by atoms with Crippen molar-refractivity contribution in [2.75, 3.05) is 11.5 Å². The molecule has 2 heterocycles. The Balaban J connectivity index is 1.95. The van der Waals surface area contributed by atoms with Crippen LogP contribution in [0.1, 0.15) is 30.2 Å². The Hall–Kier alpha value is -2.58. The molecule has 0 unspecified atom stereocenters. The molecule has 2 aromatic heterocycles. The Morgan fingerprint density at radius 3 is 2.63 bits per heavy atom. The highest BCUT2D eigenvalue weighted by Gasteiger charge is 2.25. The van der Waals surface area contributed by atoms with E-state index in [4.69, 9.17) is 34.7 Å². The average Bonchev–Trinajstić information content (AvgIpc) is 2.94. The van der Waals surface area contributed by atoms with E-state index in [0.717, 1.165) is 29.9 Å². The summed E-state index contributed by atoms with van der Waals surface area (Å²) in [5.41, 5.74) is 13.3.